The Hall–Kier alpha value is -0.860. The highest BCUT2D eigenvalue weighted by Gasteiger charge is 2.11. The van der Waals surface area contributed by atoms with Crippen LogP contribution in [0, 0.1) is 11.8 Å². The maximum Gasteiger partial charge on any atom is 0.0237 e. The molecule has 2 heteroatoms. The average molecular weight is 248 g/mol. The molecule has 0 amide bonds. The first kappa shape index (κ1) is 15.2. The van der Waals surface area contributed by atoms with E-state index in [1.54, 1.807) is 0 Å². The molecule has 0 aromatic heterocycles. The summed E-state index contributed by atoms with van der Waals surface area (Å²) in [6.45, 7) is 13.1. The molecular weight excluding hydrogens is 220 g/mol. The molecule has 0 fully saturated rings. The minimum atomic E-state index is 0.632. The van der Waals surface area contributed by atoms with Crippen molar-refractivity contribution in [2.75, 3.05) is 13.1 Å². The van der Waals surface area contributed by atoms with Crippen molar-refractivity contribution in [2.24, 2.45) is 17.6 Å². The Morgan fingerprint density at radius 2 is 1.44 bits per heavy atom. The quantitative estimate of drug-likeness (QED) is 0.802. The van der Waals surface area contributed by atoms with Gasteiger partial charge in [0.2, 0.25) is 0 Å². The van der Waals surface area contributed by atoms with E-state index in [-0.39, 0.29) is 0 Å². The standard InChI is InChI=1S/C16H28N2/c1-13(2)10-18(11-14(3)4)12-16-8-6-5-7-15(16)9-17/h5-8,13-14H,9-12,17H2,1-4H3. The second-order valence-electron chi connectivity index (χ2n) is 5.95. The molecule has 2 nitrogen and oxygen atoms in total. The summed E-state index contributed by atoms with van der Waals surface area (Å²) in [6, 6.07) is 8.52. The van der Waals surface area contributed by atoms with E-state index in [9.17, 15) is 0 Å². The molecule has 0 aliphatic carbocycles. The summed E-state index contributed by atoms with van der Waals surface area (Å²) in [4.78, 5) is 2.55. The van der Waals surface area contributed by atoms with Crippen LogP contribution in [0.4, 0.5) is 0 Å². The zero-order valence-corrected chi connectivity index (χ0v) is 12.3. The van der Waals surface area contributed by atoms with Gasteiger partial charge in [0.25, 0.3) is 0 Å². The van der Waals surface area contributed by atoms with Crippen LogP contribution in [0.5, 0.6) is 0 Å². The minimum Gasteiger partial charge on any atom is -0.326 e. The zero-order chi connectivity index (χ0) is 13.5. The maximum absolute atomic E-state index is 5.81. The van der Waals surface area contributed by atoms with Gasteiger partial charge in [-0.15, -0.1) is 0 Å². The molecule has 0 radical (unpaired) electrons. The van der Waals surface area contributed by atoms with Crippen molar-refractivity contribution in [1.29, 1.82) is 0 Å². The van der Waals surface area contributed by atoms with Gasteiger partial charge in [-0.1, -0.05) is 52.0 Å². The minimum absolute atomic E-state index is 0.632. The lowest BCUT2D eigenvalue weighted by atomic mass is 10.1. The summed E-state index contributed by atoms with van der Waals surface area (Å²) >= 11 is 0. The molecule has 1 rings (SSSR count). The van der Waals surface area contributed by atoms with Crippen LogP contribution in [-0.2, 0) is 13.1 Å². The fourth-order valence-corrected chi connectivity index (χ4v) is 2.39. The lowest BCUT2D eigenvalue weighted by molar-refractivity contribution is 0.211. The van der Waals surface area contributed by atoms with Crippen molar-refractivity contribution in [3.63, 3.8) is 0 Å². The Balaban J connectivity index is 2.74. The molecule has 0 aliphatic rings. The molecule has 0 aliphatic heterocycles. The van der Waals surface area contributed by atoms with E-state index in [1.165, 1.54) is 11.1 Å². The van der Waals surface area contributed by atoms with Gasteiger partial charge in [0, 0.05) is 26.2 Å². The predicted molar refractivity (Wildman–Crippen MR) is 79.3 cm³/mol. The summed E-state index contributed by atoms with van der Waals surface area (Å²) < 4.78 is 0. The Kier molecular flexibility index (Phi) is 6.37. The molecule has 102 valence electrons. The van der Waals surface area contributed by atoms with Gasteiger partial charge >= 0.3 is 0 Å². The summed E-state index contributed by atoms with van der Waals surface area (Å²) in [5.74, 6) is 1.41. The molecule has 0 bridgehead atoms. The van der Waals surface area contributed by atoms with Gasteiger partial charge < -0.3 is 5.73 Å². The van der Waals surface area contributed by atoms with Crippen molar-refractivity contribution in [3.05, 3.63) is 35.4 Å². The normalized spacial score (nSPS) is 11.8. The van der Waals surface area contributed by atoms with Crippen LogP contribution in [0.15, 0.2) is 24.3 Å². The molecule has 18 heavy (non-hydrogen) atoms. The van der Waals surface area contributed by atoms with Crippen LogP contribution in [0.1, 0.15) is 38.8 Å². The topological polar surface area (TPSA) is 29.3 Å². The van der Waals surface area contributed by atoms with Crippen molar-refractivity contribution < 1.29 is 0 Å². The number of nitrogens with two attached hydrogens (primary N) is 1. The predicted octanol–water partition coefficient (Wildman–Crippen LogP) is 3.26. The van der Waals surface area contributed by atoms with Gasteiger partial charge in [0.15, 0.2) is 0 Å². The largest absolute Gasteiger partial charge is 0.326 e. The van der Waals surface area contributed by atoms with Gasteiger partial charge in [-0.05, 0) is 23.0 Å². The fourth-order valence-electron chi connectivity index (χ4n) is 2.39. The monoisotopic (exact) mass is 248 g/mol. The first-order chi connectivity index (χ1) is 8.52. The first-order valence-corrected chi connectivity index (χ1v) is 7.02. The number of hydrogen-bond acceptors (Lipinski definition) is 2. The van der Waals surface area contributed by atoms with Crippen LogP contribution < -0.4 is 5.73 Å². The van der Waals surface area contributed by atoms with Crippen molar-refractivity contribution >= 4 is 0 Å². The molecule has 1 aromatic carbocycles. The molecular formula is C16H28N2. The van der Waals surface area contributed by atoms with Crippen LogP contribution in [0.25, 0.3) is 0 Å². The lowest BCUT2D eigenvalue weighted by Crippen LogP contribution is -2.31. The third-order valence-corrected chi connectivity index (χ3v) is 2.98. The second kappa shape index (κ2) is 7.55. The summed E-state index contributed by atoms with van der Waals surface area (Å²) in [6.07, 6.45) is 0. The Labute approximate surface area is 112 Å². The third kappa shape index (κ3) is 5.19. The second-order valence-corrected chi connectivity index (χ2v) is 5.95. The SMILES string of the molecule is CC(C)CN(Cc1ccccc1CN)CC(C)C. The molecule has 0 saturated heterocycles. The summed E-state index contributed by atoms with van der Waals surface area (Å²) in [5, 5.41) is 0. The summed E-state index contributed by atoms with van der Waals surface area (Å²) in [5.41, 5.74) is 8.46. The zero-order valence-electron chi connectivity index (χ0n) is 12.3. The fraction of sp³-hybridized carbons (Fsp3) is 0.625. The Bertz CT molecular complexity index is 335. The van der Waals surface area contributed by atoms with Crippen molar-refractivity contribution in [2.45, 2.75) is 40.8 Å². The number of benzene rings is 1. The van der Waals surface area contributed by atoms with Crippen LogP contribution in [0.3, 0.4) is 0 Å². The Morgan fingerprint density at radius 3 is 1.89 bits per heavy atom. The average Bonchev–Trinajstić information content (AvgIpc) is 2.27. The molecule has 0 atom stereocenters. The first-order valence-electron chi connectivity index (χ1n) is 7.02. The Morgan fingerprint density at radius 1 is 0.944 bits per heavy atom. The smallest absolute Gasteiger partial charge is 0.0237 e. The van der Waals surface area contributed by atoms with E-state index in [0.29, 0.717) is 18.4 Å². The maximum atomic E-state index is 5.81. The number of nitrogens with zero attached hydrogens (tertiary/aromatic N) is 1. The highest BCUT2D eigenvalue weighted by Crippen LogP contribution is 2.14. The van der Waals surface area contributed by atoms with E-state index >= 15 is 0 Å². The van der Waals surface area contributed by atoms with Gasteiger partial charge in [0.1, 0.15) is 0 Å². The van der Waals surface area contributed by atoms with Gasteiger partial charge in [-0.2, -0.15) is 0 Å². The molecule has 0 spiro atoms. The van der Waals surface area contributed by atoms with E-state index in [2.05, 4.69) is 56.9 Å². The van der Waals surface area contributed by atoms with Gasteiger partial charge in [-0.25, -0.2) is 0 Å². The van der Waals surface area contributed by atoms with E-state index < -0.39 is 0 Å². The molecule has 0 unspecified atom stereocenters. The molecule has 1 aromatic rings. The van der Waals surface area contributed by atoms with Crippen LogP contribution >= 0.6 is 0 Å². The molecule has 0 saturated carbocycles. The van der Waals surface area contributed by atoms with Crippen LogP contribution in [-0.4, -0.2) is 18.0 Å². The number of rotatable bonds is 7. The highest BCUT2D eigenvalue weighted by molar-refractivity contribution is 5.26. The van der Waals surface area contributed by atoms with E-state index in [1.807, 2.05) is 0 Å². The van der Waals surface area contributed by atoms with Crippen molar-refractivity contribution in [1.82, 2.24) is 4.90 Å². The molecule has 0 heterocycles. The molecule has 2 N–H and O–H groups in total. The number of hydrogen-bond donors (Lipinski definition) is 1. The third-order valence-electron chi connectivity index (χ3n) is 2.98. The highest BCUT2D eigenvalue weighted by atomic mass is 15.1. The van der Waals surface area contributed by atoms with E-state index in [0.717, 1.165) is 19.6 Å². The van der Waals surface area contributed by atoms with Gasteiger partial charge in [0.05, 0.1) is 0 Å². The van der Waals surface area contributed by atoms with E-state index in [4.69, 9.17) is 5.73 Å². The lowest BCUT2D eigenvalue weighted by Gasteiger charge is -2.27. The van der Waals surface area contributed by atoms with Crippen LogP contribution in [0.2, 0.25) is 0 Å². The summed E-state index contributed by atoms with van der Waals surface area (Å²) in [7, 11) is 0. The van der Waals surface area contributed by atoms with Crippen molar-refractivity contribution in [3.8, 4) is 0 Å². The van der Waals surface area contributed by atoms with Gasteiger partial charge in [-0.3, -0.25) is 4.90 Å².